The van der Waals surface area contributed by atoms with Crippen LogP contribution in [0.3, 0.4) is 0 Å². The van der Waals surface area contributed by atoms with Crippen LogP contribution in [0.5, 0.6) is 0 Å². The topological polar surface area (TPSA) is 59.9 Å². The Kier molecular flexibility index (Phi) is 3.68. The second-order valence-corrected chi connectivity index (χ2v) is 4.75. The molecule has 3 rings (SSSR count). The molecule has 6 heteroatoms. The first kappa shape index (κ1) is 12.5. The van der Waals surface area contributed by atoms with Gasteiger partial charge >= 0.3 is 0 Å². The van der Waals surface area contributed by atoms with Crippen molar-refractivity contribution in [1.29, 1.82) is 0 Å². The molecule has 0 amide bonds. The molecule has 0 spiro atoms. The molecule has 0 saturated carbocycles. The van der Waals surface area contributed by atoms with Gasteiger partial charge in [0.05, 0.1) is 19.3 Å². The minimum atomic E-state index is 0.160. The van der Waals surface area contributed by atoms with Crippen LogP contribution in [0.15, 0.2) is 30.9 Å². The zero-order chi connectivity index (χ0) is 13.1. The van der Waals surface area contributed by atoms with Crippen molar-refractivity contribution < 1.29 is 4.74 Å². The van der Waals surface area contributed by atoms with Gasteiger partial charge in [-0.2, -0.15) is 0 Å². The molecule has 2 aromatic rings. The van der Waals surface area contributed by atoms with Crippen LogP contribution in [0.4, 0.5) is 0 Å². The fourth-order valence-electron chi connectivity index (χ4n) is 2.11. The second-order valence-electron chi connectivity index (χ2n) is 4.32. The van der Waals surface area contributed by atoms with Gasteiger partial charge < -0.3 is 10.1 Å². The molecule has 1 aliphatic rings. The Labute approximate surface area is 116 Å². The quantitative estimate of drug-likeness (QED) is 0.907. The Balaban J connectivity index is 1.96. The molecule has 2 heterocycles. The van der Waals surface area contributed by atoms with Crippen LogP contribution in [-0.4, -0.2) is 34.7 Å². The molecule has 98 valence electrons. The average molecular weight is 277 g/mol. The largest absolute Gasteiger partial charge is 0.378 e. The minimum absolute atomic E-state index is 0.160. The van der Waals surface area contributed by atoms with E-state index in [9.17, 15) is 0 Å². The van der Waals surface area contributed by atoms with E-state index in [2.05, 4.69) is 20.3 Å². The number of benzene rings is 1. The first-order valence-electron chi connectivity index (χ1n) is 6.07. The molecule has 1 fully saturated rings. The van der Waals surface area contributed by atoms with Crippen molar-refractivity contribution in [2.45, 2.75) is 6.04 Å². The summed E-state index contributed by atoms with van der Waals surface area (Å²) < 4.78 is 5.48. The van der Waals surface area contributed by atoms with Gasteiger partial charge in [-0.3, -0.25) is 0 Å². The van der Waals surface area contributed by atoms with E-state index in [-0.39, 0.29) is 6.04 Å². The minimum Gasteiger partial charge on any atom is -0.378 e. The lowest BCUT2D eigenvalue weighted by molar-refractivity contribution is 0.0769. The summed E-state index contributed by atoms with van der Waals surface area (Å²) in [5.74, 6) is 0.621. The number of rotatable bonds is 2. The van der Waals surface area contributed by atoms with Crippen molar-refractivity contribution >= 4 is 11.6 Å². The lowest BCUT2D eigenvalue weighted by Gasteiger charge is -2.24. The molecule has 0 radical (unpaired) electrons. The summed E-state index contributed by atoms with van der Waals surface area (Å²) in [5.41, 5.74) is 1.97. The summed E-state index contributed by atoms with van der Waals surface area (Å²) in [7, 11) is 0. The fraction of sp³-hybridized carbons (Fsp3) is 0.308. The molecule has 0 aliphatic carbocycles. The van der Waals surface area contributed by atoms with Crippen LogP contribution in [0, 0.1) is 0 Å². The molecule has 1 N–H and O–H groups in total. The van der Waals surface area contributed by atoms with E-state index in [4.69, 9.17) is 16.3 Å². The van der Waals surface area contributed by atoms with Crippen molar-refractivity contribution in [3.63, 3.8) is 0 Å². The van der Waals surface area contributed by atoms with E-state index in [0.717, 1.165) is 24.3 Å². The van der Waals surface area contributed by atoms with E-state index >= 15 is 0 Å². The van der Waals surface area contributed by atoms with Gasteiger partial charge in [0.15, 0.2) is 5.82 Å². The molecule has 0 unspecified atom stereocenters. The third-order valence-corrected chi connectivity index (χ3v) is 3.21. The Morgan fingerprint density at radius 3 is 2.79 bits per heavy atom. The van der Waals surface area contributed by atoms with Gasteiger partial charge in [0.2, 0.25) is 0 Å². The SMILES string of the molecule is Clc1cc(-c2ncncn2)cc([C@@H]2COCCN2)c1. The number of aromatic nitrogens is 3. The summed E-state index contributed by atoms with van der Waals surface area (Å²) in [4.78, 5) is 12.1. The second kappa shape index (κ2) is 5.61. The van der Waals surface area contributed by atoms with Crippen molar-refractivity contribution in [2.24, 2.45) is 0 Å². The van der Waals surface area contributed by atoms with Crippen LogP contribution < -0.4 is 5.32 Å². The van der Waals surface area contributed by atoms with Gasteiger partial charge in [0.1, 0.15) is 12.7 Å². The Morgan fingerprint density at radius 2 is 2.05 bits per heavy atom. The Bertz CT molecular complexity index is 558. The zero-order valence-electron chi connectivity index (χ0n) is 10.2. The molecule has 1 saturated heterocycles. The average Bonchev–Trinajstić information content (AvgIpc) is 2.48. The monoisotopic (exact) mass is 276 g/mol. The van der Waals surface area contributed by atoms with Crippen LogP contribution in [-0.2, 0) is 4.74 Å². The number of hydrogen-bond acceptors (Lipinski definition) is 5. The molecule has 5 nitrogen and oxygen atoms in total. The molecule has 1 aromatic heterocycles. The smallest absolute Gasteiger partial charge is 0.162 e. The Hall–Kier alpha value is -1.56. The maximum Gasteiger partial charge on any atom is 0.162 e. The summed E-state index contributed by atoms with van der Waals surface area (Å²) in [6, 6.07) is 5.99. The lowest BCUT2D eigenvalue weighted by Crippen LogP contribution is -2.34. The van der Waals surface area contributed by atoms with E-state index in [1.165, 1.54) is 12.7 Å². The highest BCUT2D eigenvalue weighted by Gasteiger charge is 2.17. The third-order valence-electron chi connectivity index (χ3n) is 3.00. The van der Waals surface area contributed by atoms with Crippen molar-refractivity contribution in [3.8, 4) is 11.4 Å². The first-order chi connectivity index (χ1) is 9.33. The fourth-order valence-corrected chi connectivity index (χ4v) is 2.35. The molecule has 1 aromatic carbocycles. The van der Waals surface area contributed by atoms with Crippen LogP contribution in [0.1, 0.15) is 11.6 Å². The van der Waals surface area contributed by atoms with Gasteiger partial charge in [-0.1, -0.05) is 11.6 Å². The third kappa shape index (κ3) is 2.89. The first-order valence-corrected chi connectivity index (χ1v) is 6.45. The molecule has 0 bridgehead atoms. The number of nitrogens with one attached hydrogen (secondary N) is 1. The lowest BCUT2D eigenvalue weighted by atomic mass is 10.0. The summed E-state index contributed by atoms with van der Waals surface area (Å²) in [6.45, 7) is 2.24. The van der Waals surface area contributed by atoms with Crippen molar-refractivity contribution in [3.05, 3.63) is 41.4 Å². The predicted molar refractivity (Wildman–Crippen MR) is 71.8 cm³/mol. The summed E-state index contributed by atoms with van der Waals surface area (Å²) in [6.07, 6.45) is 2.95. The van der Waals surface area contributed by atoms with E-state index < -0.39 is 0 Å². The van der Waals surface area contributed by atoms with E-state index in [1.54, 1.807) is 0 Å². The maximum atomic E-state index is 6.18. The number of halogens is 1. The molecule has 1 aliphatic heterocycles. The highest BCUT2D eigenvalue weighted by Crippen LogP contribution is 2.26. The number of morpholine rings is 1. The number of ether oxygens (including phenoxy) is 1. The highest BCUT2D eigenvalue weighted by molar-refractivity contribution is 6.30. The number of nitrogens with zero attached hydrogens (tertiary/aromatic N) is 3. The van der Waals surface area contributed by atoms with E-state index in [1.807, 2.05) is 18.2 Å². The van der Waals surface area contributed by atoms with Crippen LogP contribution >= 0.6 is 11.6 Å². The molecule has 19 heavy (non-hydrogen) atoms. The van der Waals surface area contributed by atoms with Crippen LogP contribution in [0.25, 0.3) is 11.4 Å². The van der Waals surface area contributed by atoms with Gasteiger partial charge in [-0.25, -0.2) is 15.0 Å². The van der Waals surface area contributed by atoms with Crippen molar-refractivity contribution in [1.82, 2.24) is 20.3 Å². The summed E-state index contributed by atoms with van der Waals surface area (Å²) in [5, 5.41) is 4.07. The normalized spacial score (nSPS) is 19.3. The maximum absolute atomic E-state index is 6.18. The van der Waals surface area contributed by atoms with Crippen LogP contribution in [0.2, 0.25) is 5.02 Å². The molecular formula is C13H13ClN4O. The van der Waals surface area contributed by atoms with Gasteiger partial charge in [0, 0.05) is 17.1 Å². The number of hydrogen-bond donors (Lipinski definition) is 1. The molecular weight excluding hydrogens is 264 g/mol. The summed E-state index contributed by atoms with van der Waals surface area (Å²) >= 11 is 6.18. The van der Waals surface area contributed by atoms with E-state index in [0.29, 0.717) is 17.5 Å². The van der Waals surface area contributed by atoms with Gasteiger partial charge in [0.25, 0.3) is 0 Å². The molecule has 1 atom stereocenters. The zero-order valence-corrected chi connectivity index (χ0v) is 11.0. The van der Waals surface area contributed by atoms with Gasteiger partial charge in [-0.05, 0) is 23.8 Å². The Morgan fingerprint density at radius 1 is 1.21 bits per heavy atom. The van der Waals surface area contributed by atoms with Crippen molar-refractivity contribution in [2.75, 3.05) is 19.8 Å². The highest BCUT2D eigenvalue weighted by atomic mass is 35.5. The standard InChI is InChI=1S/C13H13ClN4O/c14-11-4-9(12-6-19-2-1-16-12)3-10(5-11)13-17-7-15-8-18-13/h3-5,7-8,12,16H,1-2,6H2/t12-/m0/s1. The predicted octanol–water partition coefficient (Wildman–Crippen LogP) is 1.85. The van der Waals surface area contributed by atoms with Gasteiger partial charge in [-0.15, -0.1) is 0 Å².